The van der Waals surface area contributed by atoms with Gasteiger partial charge < -0.3 is 9.88 Å². The minimum Gasteiger partial charge on any atom is -0.337 e. The summed E-state index contributed by atoms with van der Waals surface area (Å²) in [5, 5.41) is 3.53. The second-order valence-corrected chi connectivity index (χ2v) is 6.75. The number of rotatable bonds is 3. The maximum absolute atomic E-state index is 4.58. The van der Waals surface area contributed by atoms with E-state index in [1.54, 1.807) is 0 Å². The fraction of sp³-hybridized carbons (Fsp3) is 0.812. The summed E-state index contributed by atoms with van der Waals surface area (Å²) in [6.45, 7) is 6.97. The van der Waals surface area contributed by atoms with Gasteiger partial charge in [0.05, 0.1) is 6.04 Å². The lowest BCUT2D eigenvalue weighted by atomic mass is 9.82. The molecule has 1 aliphatic heterocycles. The van der Waals surface area contributed by atoms with E-state index in [2.05, 4.69) is 39.9 Å². The first-order valence-electron chi connectivity index (χ1n) is 8.16. The Kier molecular flexibility index (Phi) is 4.41. The third-order valence-electron chi connectivity index (χ3n) is 5.05. The summed E-state index contributed by atoms with van der Waals surface area (Å²) in [6, 6.07) is 0.445. The topological polar surface area (TPSA) is 33.1 Å². The van der Waals surface area contributed by atoms with Gasteiger partial charge in [0, 0.05) is 45.6 Å². The van der Waals surface area contributed by atoms with E-state index in [9.17, 15) is 0 Å². The zero-order valence-corrected chi connectivity index (χ0v) is 12.9. The summed E-state index contributed by atoms with van der Waals surface area (Å²) in [5.41, 5.74) is 0. The number of hydrogen-bond donors (Lipinski definition) is 1. The Morgan fingerprint density at radius 1 is 1.40 bits per heavy atom. The number of hydrogen-bond acceptors (Lipinski definition) is 3. The van der Waals surface area contributed by atoms with Gasteiger partial charge >= 0.3 is 0 Å². The molecule has 1 aromatic heterocycles. The van der Waals surface area contributed by atoms with Crippen molar-refractivity contribution in [2.24, 2.45) is 18.9 Å². The molecule has 4 nitrogen and oxygen atoms in total. The maximum atomic E-state index is 4.58. The van der Waals surface area contributed by atoms with Crippen molar-refractivity contribution in [3.8, 4) is 0 Å². The van der Waals surface area contributed by atoms with Crippen molar-refractivity contribution in [2.75, 3.05) is 26.2 Å². The molecule has 1 saturated carbocycles. The molecular formula is C16H28N4. The van der Waals surface area contributed by atoms with E-state index >= 15 is 0 Å². The summed E-state index contributed by atoms with van der Waals surface area (Å²) < 4.78 is 2.17. The van der Waals surface area contributed by atoms with Crippen LogP contribution >= 0.6 is 0 Å². The first kappa shape index (κ1) is 14.1. The highest BCUT2D eigenvalue weighted by Gasteiger charge is 2.29. The number of piperazine rings is 1. The van der Waals surface area contributed by atoms with Crippen molar-refractivity contribution in [3.05, 3.63) is 18.2 Å². The predicted octanol–water partition coefficient (Wildman–Crippen LogP) is 2.19. The molecule has 0 bridgehead atoms. The molecule has 0 spiro atoms. The number of nitrogens with zero attached hydrogens (tertiary/aromatic N) is 3. The van der Waals surface area contributed by atoms with Crippen LogP contribution in [-0.4, -0.2) is 40.6 Å². The first-order valence-corrected chi connectivity index (χ1v) is 8.16. The first-order chi connectivity index (χ1) is 9.74. The SMILES string of the molecule is CC1CCCC(CN2CCNCC2c2nccn2C)C1. The van der Waals surface area contributed by atoms with Crippen LogP contribution in [0.25, 0.3) is 0 Å². The molecule has 0 aromatic carbocycles. The highest BCUT2D eigenvalue weighted by molar-refractivity contribution is 5.02. The van der Waals surface area contributed by atoms with Gasteiger partial charge in [0.15, 0.2) is 0 Å². The Labute approximate surface area is 122 Å². The fourth-order valence-electron chi connectivity index (χ4n) is 3.97. The molecule has 2 heterocycles. The molecule has 1 aromatic rings. The molecule has 1 N–H and O–H groups in total. The van der Waals surface area contributed by atoms with E-state index in [1.807, 2.05) is 6.20 Å². The standard InChI is InChI=1S/C16H28N4/c1-13-4-3-5-14(10-13)12-20-9-6-17-11-15(20)16-18-7-8-19(16)2/h7-8,13-15,17H,3-6,9-12H2,1-2H3. The van der Waals surface area contributed by atoms with E-state index in [-0.39, 0.29) is 0 Å². The van der Waals surface area contributed by atoms with Gasteiger partial charge in [0.1, 0.15) is 5.82 Å². The molecule has 3 unspecified atom stereocenters. The number of imidazole rings is 1. The molecule has 0 radical (unpaired) electrons. The molecule has 20 heavy (non-hydrogen) atoms. The van der Waals surface area contributed by atoms with Crippen LogP contribution in [0.1, 0.15) is 44.5 Å². The number of nitrogens with one attached hydrogen (secondary N) is 1. The second-order valence-electron chi connectivity index (χ2n) is 6.75. The number of aromatic nitrogens is 2. The maximum Gasteiger partial charge on any atom is 0.127 e. The summed E-state index contributed by atoms with van der Waals surface area (Å²) in [7, 11) is 2.11. The second kappa shape index (κ2) is 6.27. The summed E-state index contributed by atoms with van der Waals surface area (Å²) in [6.07, 6.45) is 9.67. The quantitative estimate of drug-likeness (QED) is 0.919. The smallest absolute Gasteiger partial charge is 0.127 e. The molecule has 0 amide bonds. The molecule has 3 atom stereocenters. The van der Waals surface area contributed by atoms with Gasteiger partial charge in [0.25, 0.3) is 0 Å². The summed E-state index contributed by atoms with van der Waals surface area (Å²) in [5.74, 6) is 3.02. The minimum absolute atomic E-state index is 0.445. The van der Waals surface area contributed by atoms with Gasteiger partial charge in [-0.2, -0.15) is 0 Å². The molecule has 1 saturated heterocycles. The molecule has 2 fully saturated rings. The lowest BCUT2D eigenvalue weighted by molar-refractivity contribution is 0.108. The minimum atomic E-state index is 0.445. The normalized spacial score (nSPS) is 32.4. The highest BCUT2D eigenvalue weighted by atomic mass is 15.3. The third kappa shape index (κ3) is 3.07. The molecule has 3 rings (SSSR count). The molecule has 4 heteroatoms. The van der Waals surface area contributed by atoms with Crippen molar-refractivity contribution in [1.82, 2.24) is 19.8 Å². The average Bonchev–Trinajstić information content (AvgIpc) is 2.86. The Balaban J connectivity index is 1.68. The Morgan fingerprint density at radius 2 is 2.30 bits per heavy atom. The van der Waals surface area contributed by atoms with Crippen LogP contribution in [0, 0.1) is 11.8 Å². The van der Waals surface area contributed by atoms with Gasteiger partial charge in [-0.25, -0.2) is 4.98 Å². The van der Waals surface area contributed by atoms with E-state index in [0.29, 0.717) is 6.04 Å². The largest absolute Gasteiger partial charge is 0.337 e. The van der Waals surface area contributed by atoms with E-state index < -0.39 is 0 Å². The van der Waals surface area contributed by atoms with Gasteiger partial charge in [-0.1, -0.05) is 19.8 Å². The Morgan fingerprint density at radius 3 is 3.05 bits per heavy atom. The van der Waals surface area contributed by atoms with Crippen LogP contribution < -0.4 is 5.32 Å². The van der Waals surface area contributed by atoms with Crippen LogP contribution in [0.15, 0.2) is 12.4 Å². The van der Waals surface area contributed by atoms with E-state index in [4.69, 9.17) is 0 Å². The molecule has 2 aliphatic rings. The van der Waals surface area contributed by atoms with Crippen molar-refractivity contribution in [2.45, 2.75) is 38.6 Å². The van der Waals surface area contributed by atoms with Crippen molar-refractivity contribution in [3.63, 3.8) is 0 Å². The van der Waals surface area contributed by atoms with E-state index in [0.717, 1.165) is 31.5 Å². The van der Waals surface area contributed by atoms with Gasteiger partial charge in [0.2, 0.25) is 0 Å². The monoisotopic (exact) mass is 276 g/mol. The van der Waals surface area contributed by atoms with Gasteiger partial charge in [-0.3, -0.25) is 4.90 Å². The van der Waals surface area contributed by atoms with Gasteiger partial charge in [-0.15, -0.1) is 0 Å². The Bertz CT molecular complexity index is 428. The number of aryl methyl sites for hydroxylation is 1. The van der Waals surface area contributed by atoms with Crippen LogP contribution in [-0.2, 0) is 7.05 Å². The predicted molar refractivity (Wildman–Crippen MR) is 81.5 cm³/mol. The summed E-state index contributed by atoms with van der Waals surface area (Å²) >= 11 is 0. The lowest BCUT2D eigenvalue weighted by Crippen LogP contribution is -2.48. The third-order valence-corrected chi connectivity index (χ3v) is 5.05. The van der Waals surface area contributed by atoms with E-state index in [1.165, 1.54) is 38.1 Å². The van der Waals surface area contributed by atoms with Crippen molar-refractivity contribution >= 4 is 0 Å². The zero-order valence-electron chi connectivity index (χ0n) is 12.9. The molecule has 1 aliphatic carbocycles. The van der Waals surface area contributed by atoms with Crippen LogP contribution in [0.4, 0.5) is 0 Å². The highest BCUT2D eigenvalue weighted by Crippen LogP contribution is 2.31. The van der Waals surface area contributed by atoms with Crippen LogP contribution in [0.3, 0.4) is 0 Å². The van der Waals surface area contributed by atoms with Crippen LogP contribution in [0.2, 0.25) is 0 Å². The zero-order chi connectivity index (χ0) is 13.9. The molecule has 112 valence electrons. The molecular weight excluding hydrogens is 248 g/mol. The average molecular weight is 276 g/mol. The van der Waals surface area contributed by atoms with Crippen molar-refractivity contribution < 1.29 is 0 Å². The van der Waals surface area contributed by atoms with Crippen molar-refractivity contribution in [1.29, 1.82) is 0 Å². The summed E-state index contributed by atoms with van der Waals surface area (Å²) in [4.78, 5) is 7.25. The fourth-order valence-corrected chi connectivity index (χ4v) is 3.97. The Hall–Kier alpha value is -0.870. The van der Waals surface area contributed by atoms with Gasteiger partial charge in [-0.05, 0) is 24.7 Å². The lowest BCUT2D eigenvalue weighted by Gasteiger charge is -2.39. The van der Waals surface area contributed by atoms with Crippen LogP contribution in [0.5, 0.6) is 0 Å².